The van der Waals surface area contributed by atoms with Gasteiger partial charge in [0, 0.05) is 5.97 Å². The molecule has 0 saturated carbocycles. The van der Waals surface area contributed by atoms with Gasteiger partial charge in [-0.3, -0.25) is 0 Å². The Balaban J connectivity index is -0.000000454. The number of hydrogen-bond donors (Lipinski definition) is 0. The van der Waals surface area contributed by atoms with Gasteiger partial charge in [-0.15, -0.1) is 0 Å². The number of carbonyl (C=O) groups excluding carboxylic acids is 1. The van der Waals surface area contributed by atoms with E-state index in [9.17, 15) is 9.90 Å². The minimum absolute atomic E-state index is 0. The van der Waals surface area contributed by atoms with Crippen LogP contribution in [-0.2, 0) is 4.79 Å². The van der Waals surface area contributed by atoms with Gasteiger partial charge in [0.25, 0.3) is 0 Å². The van der Waals surface area contributed by atoms with Crippen molar-refractivity contribution in [3.63, 3.8) is 0 Å². The lowest BCUT2D eigenvalue weighted by atomic mass is 10.1. The number of quaternary nitrogens is 2. The number of carboxylic acid groups (broad SMARTS) is 1. The normalized spacial score (nSPS) is 11.5. The highest BCUT2D eigenvalue weighted by molar-refractivity contribution is 5.64. The summed E-state index contributed by atoms with van der Waals surface area (Å²) < 4.78 is 2.71. The average Bonchev–Trinajstić information content (AvgIpc) is 3.28. The van der Waals surface area contributed by atoms with Crippen LogP contribution in [0.15, 0.2) is 0 Å². The number of rotatable bonds is 50. The Kier molecular flexibility index (Phi) is 65.5. The molecule has 0 rings (SSSR count). The molecule has 0 aliphatic rings. The van der Waals surface area contributed by atoms with E-state index in [1.807, 2.05) is 0 Å². The van der Waals surface area contributed by atoms with Gasteiger partial charge in [-0.25, -0.2) is 0 Å². The van der Waals surface area contributed by atoms with E-state index in [4.69, 9.17) is 0 Å². The molecule has 396 valence electrons. The minimum Gasteiger partial charge on any atom is -1.00 e. The van der Waals surface area contributed by atoms with Gasteiger partial charge in [0.05, 0.1) is 53.4 Å². The highest BCUT2D eigenvalue weighted by atomic mass is 35.5. The number of carbonyl (C=O) groups is 1. The summed E-state index contributed by atoms with van der Waals surface area (Å²) in [6.07, 6.45) is 60.1. The van der Waals surface area contributed by atoms with Gasteiger partial charge in [-0.1, -0.05) is 241 Å². The zero-order valence-electron chi connectivity index (χ0n) is 46.9. The Morgan fingerprint density at radius 3 is 0.554 bits per heavy atom. The summed E-state index contributed by atoms with van der Waals surface area (Å²) in [6.45, 7) is 24.6. The number of unbranched alkanes of at least 4 members (excludes halogenated alkanes) is 36. The van der Waals surface area contributed by atoms with E-state index in [-0.39, 0.29) is 18.8 Å². The second-order valence-corrected chi connectivity index (χ2v) is 21.4. The molecule has 0 spiro atoms. The maximum Gasteiger partial charge on any atom is 0.0784 e. The van der Waals surface area contributed by atoms with Crippen molar-refractivity contribution in [3.8, 4) is 0 Å². The Hall–Kier alpha value is -0.320. The maximum atomic E-state index is 10.0. The standard InChI is InChI=1S/2C25H54N.C10H20O2.ClH/c2*1-5-8-11-14-17-20-23-26(4,24-21-18-15-12-9-6-2)25-22-19-16-13-10-7-3;1-2-3-4-5-6-7-8-9-10(11)12;/h2*5-25H2,1-4H3;2-9H2,1H3,(H,11,12);1H/q2*+1;;/p-2. The first-order valence-corrected chi connectivity index (χ1v) is 30.0. The molecule has 0 bridgehead atoms. The predicted molar refractivity (Wildman–Crippen MR) is 289 cm³/mol. The van der Waals surface area contributed by atoms with Crippen molar-refractivity contribution in [2.24, 2.45) is 0 Å². The zero-order chi connectivity index (χ0) is 47.9. The molecule has 0 aromatic carbocycles. The molecule has 0 saturated heterocycles. The third kappa shape index (κ3) is 61.7. The van der Waals surface area contributed by atoms with Crippen molar-refractivity contribution in [1.29, 1.82) is 0 Å². The van der Waals surface area contributed by atoms with Crippen molar-refractivity contribution >= 4 is 5.97 Å². The Labute approximate surface area is 419 Å². The lowest BCUT2D eigenvalue weighted by molar-refractivity contribution is -0.910. The quantitative estimate of drug-likeness (QED) is 0.0450. The van der Waals surface area contributed by atoms with E-state index < -0.39 is 5.97 Å². The summed E-state index contributed by atoms with van der Waals surface area (Å²) in [6, 6.07) is 0. The molecule has 0 fully saturated rings. The molecular weight excluding hydrogens is 816 g/mol. The van der Waals surface area contributed by atoms with Crippen LogP contribution in [-0.4, -0.2) is 68.3 Å². The van der Waals surface area contributed by atoms with E-state index in [1.165, 1.54) is 311 Å². The van der Waals surface area contributed by atoms with Gasteiger partial charge in [0.2, 0.25) is 0 Å². The SMILES string of the molecule is CCCCCCCCCC(=O)[O-].CCCCCCCC[N+](C)(CCCCCCCC)CCCCCCCC.CCCCCCCC[N+](C)(CCCCCCCC)CCCCCCCC.[Cl-]. The third-order valence-electron chi connectivity index (χ3n) is 14.3. The van der Waals surface area contributed by atoms with Crippen LogP contribution in [0.3, 0.4) is 0 Å². The molecule has 65 heavy (non-hydrogen) atoms. The predicted octanol–water partition coefficient (Wildman–Crippen LogP) is 15.9. The maximum absolute atomic E-state index is 10.0. The van der Waals surface area contributed by atoms with Crippen LogP contribution in [0.25, 0.3) is 0 Å². The highest BCUT2D eigenvalue weighted by Crippen LogP contribution is 2.18. The molecule has 4 nitrogen and oxygen atoms in total. The summed E-state index contributed by atoms with van der Waals surface area (Å²) in [4.78, 5) is 10.0. The van der Waals surface area contributed by atoms with Crippen molar-refractivity contribution in [3.05, 3.63) is 0 Å². The van der Waals surface area contributed by atoms with E-state index >= 15 is 0 Å². The highest BCUT2D eigenvalue weighted by Gasteiger charge is 2.21. The lowest BCUT2D eigenvalue weighted by Crippen LogP contribution is -3.00. The second kappa shape index (κ2) is 59.8. The Bertz CT molecular complexity index is 717. The topological polar surface area (TPSA) is 40.1 Å². The number of nitrogens with zero attached hydrogens (tertiary/aromatic N) is 2. The smallest absolute Gasteiger partial charge is 0.0784 e. The number of hydrogen-bond acceptors (Lipinski definition) is 2. The molecule has 0 aliphatic heterocycles. The average molecular weight is 944 g/mol. The first-order valence-electron chi connectivity index (χ1n) is 30.0. The van der Waals surface area contributed by atoms with Crippen molar-refractivity contribution in [2.45, 2.75) is 331 Å². The summed E-state index contributed by atoms with van der Waals surface area (Å²) in [5, 5.41) is 10.0. The largest absolute Gasteiger partial charge is 1.00 e. The summed E-state index contributed by atoms with van der Waals surface area (Å²) >= 11 is 0. The molecule has 0 amide bonds. The van der Waals surface area contributed by atoms with Crippen LogP contribution in [0, 0.1) is 0 Å². The molecule has 0 N–H and O–H groups in total. The third-order valence-corrected chi connectivity index (χ3v) is 14.3. The molecule has 0 aliphatic carbocycles. The molecule has 0 aromatic rings. The number of halogens is 1. The molecular formula is C60H127ClN2O2. The molecule has 0 atom stereocenters. The summed E-state index contributed by atoms with van der Waals surface area (Å²) in [5.41, 5.74) is 0. The number of carboxylic acids is 1. The van der Waals surface area contributed by atoms with Gasteiger partial charge < -0.3 is 31.3 Å². The molecule has 0 aromatic heterocycles. The monoisotopic (exact) mass is 943 g/mol. The molecule has 0 heterocycles. The van der Waals surface area contributed by atoms with E-state index in [0.717, 1.165) is 12.8 Å². The van der Waals surface area contributed by atoms with E-state index in [0.29, 0.717) is 0 Å². The van der Waals surface area contributed by atoms with Gasteiger partial charge in [-0.2, -0.15) is 0 Å². The first-order chi connectivity index (χ1) is 31.1. The van der Waals surface area contributed by atoms with E-state index in [2.05, 4.69) is 62.6 Å². The van der Waals surface area contributed by atoms with Gasteiger partial charge in [0.15, 0.2) is 0 Å². The number of aliphatic carboxylic acids is 1. The van der Waals surface area contributed by atoms with Crippen LogP contribution < -0.4 is 17.5 Å². The van der Waals surface area contributed by atoms with Crippen LogP contribution in [0.5, 0.6) is 0 Å². The summed E-state index contributed by atoms with van der Waals surface area (Å²) in [5.74, 6) is -0.913. The lowest BCUT2D eigenvalue weighted by Gasteiger charge is -2.35. The fourth-order valence-corrected chi connectivity index (χ4v) is 9.54. The van der Waals surface area contributed by atoms with Gasteiger partial charge >= 0.3 is 0 Å². The van der Waals surface area contributed by atoms with Gasteiger partial charge in [0.1, 0.15) is 0 Å². The van der Waals surface area contributed by atoms with E-state index in [1.54, 1.807) is 0 Å². The van der Waals surface area contributed by atoms with Crippen molar-refractivity contribution < 1.29 is 31.3 Å². The summed E-state index contributed by atoms with van der Waals surface area (Å²) in [7, 11) is 5.12. The van der Waals surface area contributed by atoms with Crippen molar-refractivity contribution in [1.82, 2.24) is 0 Å². The van der Waals surface area contributed by atoms with Crippen LogP contribution >= 0.6 is 0 Å². The van der Waals surface area contributed by atoms with Gasteiger partial charge in [-0.05, 0) is 89.9 Å². The Morgan fingerprint density at radius 2 is 0.400 bits per heavy atom. The molecule has 5 heteroatoms. The molecule has 0 unspecified atom stereocenters. The Morgan fingerprint density at radius 1 is 0.262 bits per heavy atom. The fourth-order valence-electron chi connectivity index (χ4n) is 9.54. The fraction of sp³-hybridized carbons (Fsp3) is 0.983. The van der Waals surface area contributed by atoms with Crippen LogP contribution in [0.4, 0.5) is 0 Å². The van der Waals surface area contributed by atoms with Crippen LogP contribution in [0.1, 0.15) is 331 Å². The zero-order valence-corrected chi connectivity index (χ0v) is 47.7. The minimum atomic E-state index is -0.913. The first kappa shape index (κ1) is 71.2. The second-order valence-electron chi connectivity index (χ2n) is 21.4. The van der Waals surface area contributed by atoms with Crippen molar-refractivity contribution in [2.75, 3.05) is 53.4 Å². The molecule has 0 radical (unpaired) electrons. The van der Waals surface area contributed by atoms with Crippen LogP contribution in [0.2, 0.25) is 0 Å².